The summed E-state index contributed by atoms with van der Waals surface area (Å²) in [5.41, 5.74) is 38.3. The van der Waals surface area contributed by atoms with Gasteiger partial charge in [-0.1, -0.05) is 0 Å². The Hall–Kier alpha value is -0.800. The third-order valence-electron chi connectivity index (χ3n) is 1.18. The van der Waals surface area contributed by atoms with Crippen LogP contribution in [0.2, 0.25) is 0 Å². The fraction of sp³-hybridized carbons (Fsp3) is 1.00. The summed E-state index contributed by atoms with van der Waals surface area (Å²) in [6.45, 7) is 0. The van der Waals surface area contributed by atoms with E-state index in [1.807, 2.05) is 0 Å². The molecule has 0 atom stereocenters. The van der Waals surface area contributed by atoms with E-state index in [0.717, 1.165) is 0 Å². The van der Waals surface area contributed by atoms with Gasteiger partial charge in [-0.2, -0.15) is 39.1 Å². The van der Waals surface area contributed by atoms with Crippen molar-refractivity contribution in [3.8, 4) is 0 Å². The van der Waals surface area contributed by atoms with Crippen LogP contribution in [0, 0.1) is 0 Å². The fourth-order valence-corrected chi connectivity index (χ4v) is 0.321. The molecule has 0 fully saturated rings. The number of hydrogen-bond donors (Lipinski definition) is 12. The van der Waals surface area contributed by atoms with Crippen LogP contribution in [0.25, 0.3) is 0 Å². The highest BCUT2D eigenvalue weighted by Crippen LogP contribution is 2.02. The molecule has 20 nitrogen and oxygen atoms in total. The summed E-state index contributed by atoms with van der Waals surface area (Å²) in [7, 11) is 0. The average Bonchev–Trinajstić information content (AvgIpc) is 2.52. The standard InChI is InChI=1S/2C2H10N4O6/c2*3-1(4,9-7)11-12-2(5,6)10-8/h2*7-8H,3-6H2. The van der Waals surface area contributed by atoms with Gasteiger partial charge in [0, 0.05) is 0 Å². The maximum absolute atomic E-state index is 7.92. The zero-order chi connectivity index (χ0) is 19.7. The second kappa shape index (κ2) is 10.2. The summed E-state index contributed by atoms with van der Waals surface area (Å²) < 4.78 is 0. The summed E-state index contributed by atoms with van der Waals surface area (Å²) in [4.78, 5) is 28.9. The van der Waals surface area contributed by atoms with Gasteiger partial charge in [-0.25, -0.2) is 21.0 Å². The van der Waals surface area contributed by atoms with Gasteiger partial charge in [0.2, 0.25) is 0 Å². The number of hydrogen-bond acceptors (Lipinski definition) is 20. The largest absolute Gasteiger partial charge is 0.343 e. The quantitative estimate of drug-likeness (QED) is 0.0962. The van der Waals surface area contributed by atoms with Crippen molar-refractivity contribution in [2.75, 3.05) is 0 Å². The van der Waals surface area contributed by atoms with E-state index >= 15 is 0 Å². The van der Waals surface area contributed by atoms with E-state index < -0.39 is 24.1 Å². The molecule has 0 aliphatic rings. The lowest BCUT2D eigenvalue weighted by molar-refractivity contribution is -0.569. The van der Waals surface area contributed by atoms with Crippen LogP contribution < -0.4 is 45.9 Å². The van der Waals surface area contributed by atoms with Gasteiger partial charge in [0.25, 0.3) is 0 Å². The fourth-order valence-electron chi connectivity index (χ4n) is 0.321. The summed E-state index contributed by atoms with van der Waals surface area (Å²) in [6, 6.07) is -9.88. The highest BCUT2D eigenvalue weighted by molar-refractivity contribution is 4.43. The van der Waals surface area contributed by atoms with Crippen molar-refractivity contribution < 1.29 is 60.1 Å². The molecule has 0 aromatic carbocycles. The van der Waals surface area contributed by atoms with Gasteiger partial charge in [-0.05, 0) is 0 Å². The Morgan fingerprint density at radius 2 is 0.500 bits per heavy atom. The molecule has 20 N–H and O–H groups in total. The molecule has 148 valence electrons. The van der Waals surface area contributed by atoms with E-state index in [1.54, 1.807) is 0 Å². The molecule has 0 aromatic heterocycles. The van der Waals surface area contributed by atoms with E-state index in [9.17, 15) is 0 Å². The molecule has 0 amide bonds. The first-order chi connectivity index (χ1) is 10.7. The molecule has 0 unspecified atom stereocenters. The lowest BCUT2D eigenvalue weighted by Gasteiger charge is -2.24. The lowest BCUT2D eigenvalue weighted by Crippen LogP contribution is -2.60. The molecular weight excluding hydrogens is 352 g/mol. The predicted octanol–water partition coefficient (Wildman–Crippen LogP) is -6.06. The summed E-state index contributed by atoms with van der Waals surface area (Å²) in [5.74, 6) is 0. The van der Waals surface area contributed by atoms with Gasteiger partial charge in [-0.3, -0.25) is 45.9 Å². The normalized spacial score (nSPS) is 13.5. The van der Waals surface area contributed by atoms with E-state index in [4.69, 9.17) is 66.9 Å². The Balaban J connectivity index is 0. The highest BCUT2D eigenvalue weighted by Gasteiger charge is 2.31. The van der Waals surface area contributed by atoms with Crippen molar-refractivity contribution in [1.29, 1.82) is 0 Å². The van der Waals surface area contributed by atoms with Crippen LogP contribution in [0.5, 0.6) is 0 Å². The molecule has 0 spiro atoms. The molecule has 0 heterocycles. The molecule has 0 saturated carbocycles. The van der Waals surface area contributed by atoms with Crippen molar-refractivity contribution in [2.45, 2.75) is 24.1 Å². The minimum atomic E-state index is -2.47. The Kier molecular flexibility index (Phi) is 10.9. The SMILES string of the molecule is NC(N)(OO)OOC(N)(N)OO.NC(N)(OO)OOC(N)(N)OO. The van der Waals surface area contributed by atoms with Crippen LogP contribution in [-0.2, 0) is 39.1 Å². The molecule has 0 radical (unpaired) electrons. The molecule has 0 rings (SSSR count). The van der Waals surface area contributed by atoms with Gasteiger partial charge in [-0.15, -0.1) is 0 Å². The van der Waals surface area contributed by atoms with E-state index in [-0.39, 0.29) is 0 Å². The zero-order valence-corrected chi connectivity index (χ0v) is 11.7. The molecule has 0 bridgehead atoms. The molecular formula is C4H20N8O12. The van der Waals surface area contributed by atoms with E-state index in [0.29, 0.717) is 0 Å². The van der Waals surface area contributed by atoms with Crippen molar-refractivity contribution >= 4 is 0 Å². The van der Waals surface area contributed by atoms with Crippen molar-refractivity contribution in [3.05, 3.63) is 0 Å². The maximum atomic E-state index is 7.92. The van der Waals surface area contributed by atoms with Gasteiger partial charge in [0.15, 0.2) is 0 Å². The Labute approximate surface area is 131 Å². The second-order valence-electron chi connectivity index (χ2n) is 3.58. The third-order valence-corrected chi connectivity index (χ3v) is 1.18. The topological polar surface area (TPSA) is 363 Å². The van der Waals surface area contributed by atoms with Gasteiger partial charge in [0.1, 0.15) is 0 Å². The Morgan fingerprint density at radius 1 is 0.375 bits per heavy atom. The molecule has 0 aliphatic carbocycles. The minimum Gasteiger partial charge on any atom is -0.262 e. The third kappa shape index (κ3) is 13.6. The first-order valence-corrected chi connectivity index (χ1v) is 5.01. The van der Waals surface area contributed by atoms with Gasteiger partial charge >= 0.3 is 24.1 Å². The Bertz CT molecular complexity index is 275. The molecule has 0 aliphatic heterocycles. The molecule has 24 heavy (non-hydrogen) atoms. The van der Waals surface area contributed by atoms with Gasteiger partial charge < -0.3 is 0 Å². The van der Waals surface area contributed by atoms with Crippen LogP contribution in [0.1, 0.15) is 0 Å². The predicted molar refractivity (Wildman–Crippen MR) is 63.6 cm³/mol. The molecule has 20 heteroatoms. The Morgan fingerprint density at radius 3 is 0.583 bits per heavy atom. The monoisotopic (exact) mass is 372 g/mol. The molecule has 0 aromatic rings. The first kappa shape index (κ1) is 25.4. The number of rotatable bonds is 10. The van der Waals surface area contributed by atoms with Crippen LogP contribution in [0.3, 0.4) is 0 Å². The first-order valence-electron chi connectivity index (χ1n) is 5.01. The van der Waals surface area contributed by atoms with E-state index in [1.165, 1.54) is 0 Å². The number of nitrogens with two attached hydrogens (primary N) is 8. The molecule has 0 saturated heterocycles. The lowest BCUT2D eigenvalue weighted by atomic mass is 10.9. The zero-order valence-electron chi connectivity index (χ0n) is 11.7. The maximum Gasteiger partial charge on any atom is 0.343 e. The van der Waals surface area contributed by atoms with Crippen LogP contribution in [0.15, 0.2) is 0 Å². The second-order valence-corrected chi connectivity index (χ2v) is 3.58. The van der Waals surface area contributed by atoms with E-state index in [2.05, 4.69) is 39.1 Å². The van der Waals surface area contributed by atoms with Crippen LogP contribution >= 0.6 is 0 Å². The smallest absolute Gasteiger partial charge is 0.262 e. The minimum absolute atomic E-state index is 2.47. The average molecular weight is 372 g/mol. The highest BCUT2D eigenvalue weighted by atomic mass is 17.3. The summed E-state index contributed by atoms with van der Waals surface area (Å²) >= 11 is 0. The summed E-state index contributed by atoms with van der Waals surface area (Å²) in [5, 5.41) is 31.7. The van der Waals surface area contributed by atoms with Crippen molar-refractivity contribution in [1.82, 2.24) is 0 Å². The van der Waals surface area contributed by atoms with Crippen molar-refractivity contribution in [2.24, 2.45) is 45.9 Å². The van der Waals surface area contributed by atoms with Crippen LogP contribution in [-0.4, -0.2) is 45.2 Å². The summed E-state index contributed by atoms with van der Waals surface area (Å²) in [6.07, 6.45) is 0. The van der Waals surface area contributed by atoms with Crippen molar-refractivity contribution in [3.63, 3.8) is 0 Å². The van der Waals surface area contributed by atoms with Gasteiger partial charge in [0.05, 0.1) is 0 Å². The van der Waals surface area contributed by atoms with Crippen LogP contribution in [0.4, 0.5) is 0 Å².